The molecule has 0 aliphatic carbocycles. The molecule has 0 radical (unpaired) electrons. The minimum absolute atomic E-state index is 0.600. The Morgan fingerprint density at radius 1 is 0.824 bits per heavy atom. The number of hydrogen-bond acceptors (Lipinski definition) is 2. The molecule has 1 unspecified atom stereocenters. The maximum Gasteiger partial charge on any atom is 0.126 e. The van der Waals surface area contributed by atoms with Gasteiger partial charge in [-0.3, -0.25) is 0 Å². The minimum atomic E-state index is 0.600. The van der Waals surface area contributed by atoms with Crippen LogP contribution in [0.25, 0.3) is 0 Å². The van der Waals surface area contributed by atoms with Crippen molar-refractivity contribution in [3.05, 3.63) is 48.5 Å². The normalized spacial score (nSPS) is 10.7. The second-order valence-electron chi connectivity index (χ2n) is 3.55. The Hall–Kier alpha value is -1.53. The van der Waals surface area contributed by atoms with Crippen molar-refractivity contribution < 1.29 is 9.47 Å². The number of hydrogen-bond donors (Lipinski definition) is 0. The summed E-state index contributed by atoms with van der Waals surface area (Å²) < 4.78 is 10.5. The van der Waals surface area contributed by atoms with Gasteiger partial charge in [-0.05, 0) is 23.5 Å². The first-order valence-electron chi connectivity index (χ1n) is 5.37. The summed E-state index contributed by atoms with van der Waals surface area (Å²) in [6, 6.07) is 16.3. The summed E-state index contributed by atoms with van der Waals surface area (Å²) in [6.07, 6.45) is 0. The van der Waals surface area contributed by atoms with Crippen LogP contribution in [-0.2, 0) is 0 Å². The molecule has 0 saturated carbocycles. The van der Waals surface area contributed by atoms with Gasteiger partial charge < -0.3 is 9.47 Å². The first kappa shape index (κ1) is 11.9. The molecule has 1 atom stereocenters. The molecule has 0 aromatic heterocycles. The molecule has 2 aromatic rings. The van der Waals surface area contributed by atoms with Gasteiger partial charge in [0.25, 0.3) is 0 Å². The quantitative estimate of drug-likeness (QED) is 0.771. The maximum atomic E-state index is 5.34. The predicted molar refractivity (Wildman–Crippen MR) is 73.6 cm³/mol. The van der Waals surface area contributed by atoms with E-state index < -0.39 is 0 Å². The first-order valence-corrected chi connectivity index (χ1v) is 6.37. The molecule has 0 aliphatic rings. The van der Waals surface area contributed by atoms with E-state index in [1.54, 1.807) is 14.2 Å². The fourth-order valence-electron chi connectivity index (χ4n) is 1.58. The number of methoxy groups -OCH3 is 2. The van der Waals surface area contributed by atoms with Crippen molar-refractivity contribution in [2.24, 2.45) is 0 Å². The van der Waals surface area contributed by atoms with E-state index in [-0.39, 0.29) is 0 Å². The van der Waals surface area contributed by atoms with Gasteiger partial charge in [-0.1, -0.05) is 38.9 Å². The van der Waals surface area contributed by atoms with E-state index in [2.05, 4.69) is 18.2 Å². The van der Waals surface area contributed by atoms with Gasteiger partial charge >= 0.3 is 0 Å². The first-order chi connectivity index (χ1) is 8.33. The highest BCUT2D eigenvalue weighted by molar-refractivity contribution is 7.55. The Bertz CT molecular complexity index is 480. The van der Waals surface area contributed by atoms with Crippen molar-refractivity contribution >= 4 is 19.2 Å². The lowest BCUT2D eigenvalue weighted by molar-refractivity contribution is 0.415. The number of benzene rings is 2. The highest BCUT2D eigenvalue weighted by atomic mass is 31.1. The Labute approximate surface area is 103 Å². The van der Waals surface area contributed by atoms with Crippen LogP contribution in [-0.4, -0.2) is 14.2 Å². The SMILES string of the molecule is COc1ccc(Pc2ccccc2OC)cc1. The molecule has 88 valence electrons. The Kier molecular flexibility index (Phi) is 4.00. The summed E-state index contributed by atoms with van der Waals surface area (Å²) >= 11 is 0. The largest absolute Gasteiger partial charge is 0.497 e. The predicted octanol–water partition coefficient (Wildman–Crippen LogP) is 2.33. The Morgan fingerprint density at radius 2 is 1.53 bits per heavy atom. The van der Waals surface area contributed by atoms with Crippen molar-refractivity contribution in [3.8, 4) is 11.5 Å². The molecule has 0 amide bonds. The van der Waals surface area contributed by atoms with E-state index >= 15 is 0 Å². The van der Waals surface area contributed by atoms with Crippen molar-refractivity contribution in [1.29, 1.82) is 0 Å². The van der Waals surface area contributed by atoms with Crippen LogP contribution in [0, 0.1) is 0 Å². The summed E-state index contributed by atoms with van der Waals surface area (Å²) in [5.41, 5.74) is 0. The molecule has 0 aliphatic heterocycles. The summed E-state index contributed by atoms with van der Waals surface area (Å²) in [4.78, 5) is 0. The zero-order valence-corrected chi connectivity index (χ0v) is 10.9. The van der Waals surface area contributed by atoms with Crippen molar-refractivity contribution in [3.63, 3.8) is 0 Å². The standard InChI is InChI=1S/C14H15O2P/c1-15-11-7-9-12(10-8-11)17-14-6-4-3-5-13(14)16-2/h3-10,17H,1-2H3. The van der Waals surface area contributed by atoms with E-state index in [9.17, 15) is 0 Å². The molecule has 0 spiro atoms. The molecule has 0 bridgehead atoms. The van der Waals surface area contributed by atoms with E-state index in [0.29, 0.717) is 8.58 Å². The monoisotopic (exact) mass is 246 g/mol. The van der Waals surface area contributed by atoms with Gasteiger partial charge in [0.05, 0.1) is 14.2 Å². The van der Waals surface area contributed by atoms with E-state index in [1.807, 2.05) is 30.3 Å². The van der Waals surface area contributed by atoms with Crippen LogP contribution in [0.3, 0.4) is 0 Å². The topological polar surface area (TPSA) is 18.5 Å². The third-order valence-corrected chi connectivity index (χ3v) is 3.78. The van der Waals surface area contributed by atoms with Crippen molar-refractivity contribution in [2.75, 3.05) is 14.2 Å². The van der Waals surface area contributed by atoms with Gasteiger partial charge in [0.2, 0.25) is 0 Å². The van der Waals surface area contributed by atoms with Gasteiger partial charge in [0.1, 0.15) is 11.5 Å². The molecule has 3 heteroatoms. The molecule has 2 aromatic carbocycles. The molecule has 2 nitrogen and oxygen atoms in total. The summed E-state index contributed by atoms with van der Waals surface area (Å²) in [5.74, 6) is 1.83. The van der Waals surface area contributed by atoms with Crippen LogP contribution in [0.2, 0.25) is 0 Å². The molecule has 0 fully saturated rings. The van der Waals surface area contributed by atoms with Crippen LogP contribution >= 0.6 is 8.58 Å². The van der Waals surface area contributed by atoms with Gasteiger partial charge in [0.15, 0.2) is 0 Å². The zero-order valence-electron chi connectivity index (χ0n) is 9.94. The lowest BCUT2D eigenvalue weighted by Gasteiger charge is -2.08. The summed E-state index contributed by atoms with van der Waals surface area (Å²) in [6.45, 7) is 0. The maximum absolute atomic E-state index is 5.34. The molecule has 2 rings (SSSR count). The third-order valence-electron chi connectivity index (χ3n) is 2.48. The Balaban J connectivity index is 2.19. The molecule has 0 heterocycles. The average molecular weight is 246 g/mol. The lowest BCUT2D eigenvalue weighted by atomic mass is 10.3. The third kappa shape index (κ3) is 2.98. The molecular weight excluding hydrogens is 231 g/mol. The number of para-hydroxylation sites is 1. The second kappa shape index (κ2) is 5.70. The van der Waals surface area contributed by atoms with E-state index in [1.165, 1.54) is 10.6 Å². The van der Waals surface area contributed by atoms with E-state index in [4.69, 9.17) is 9.47 Å². The average Bonchev–Trinajstić information content (AvgIpc) is 2.40. The van der Waals surface area contributed by atoms with Gasteiger partial charge in [-0.2, -0.15) is 0 Å². The lowest BCUT2D eigenvalue weighted by Crippen LogP contribution is -2.06. The molecule has 0 N–H and O–H groups in total. The summed E-state index contributed by atoms with van der Waals surface area (Å²) in [5, 5.41) is 2.50. The van der Waals surface area contributed by atoms with Crippen molar-refractivity contribution in [1.82, 2.24) is 0 Å². The molecular formula is C14H15O2P. The van der Waals surface area contributed by atoms with Crippen LogP contribution in [0.15, 0.2) is 48.5 Å². The highest BCUT2D eigenvalue weighted by Crippen LogP contribution is 2.19. The molecule has 17 heavy (non-hydrogen) atoms. The fraction of sp³-hybridized carbons (Fsp3) is 0.143. The van der Waals surface area contributed by atoms with Crippen LogP contribution < -0.4 is 20.1 Å². The van der Waals surface area contributed by atoms with Crippen LogP contribution in [0.5, 0.6) is 11.5 Å². The van der Waals surface area contributed by atoms with Crippen LogP contribution in [0.4, 0.5) is 0 Å². The Morgan fingerprint density at radius 3 is 2.18 bits per heavy atom. The van der Waals surface area contributed by atoms with E-state index in [0.717, 1.165) is 11.5 Å². The smallest absolute Gasteiger partial charge is 0.126 e. The fourth-order valence-corrected chi connectivity index (χ4v) is 2.71. The van der Waals surface area contributed by atoms with Crippen LogP contribution in [0.1, 0.15) is 0 Å². The highest BCUT2D eigenvalue weighted by Gasteiger charge is 2.02. The second-order valence-corrected chi connectivity index (χ2v) is 4.92. The zero-order chi connectivity index (χ0) is 12.1. The number of rotatable bonds is 4. The van der Waals surface area contributed by atoms with Gasteiger partial charge in [-0.15, -0.1) is 0 Å². The van der Waals surface area contributed by atoms with Crippen molar-refractivity contribution in [2.45, 2.75) is 0 Å². The van der Waals surface area contributed by atoms with Gasteiger partial charge in [-0.25, -0.2) is 0 Å². The number of ether oxygens (including phenoxy) is 2. The minimum Gasteiger partial charge on any atom is -0.497 e. The van der Waals surface area contributed by atoms with Gasteiger partial charge in [0, 0.05) is 5.30 Å². The summed E-state index contributed by atoms with van der Waals surface area (Å²) in [7, 11) is 3.98. The molecule has 0 saturated heterocycles.